The lowest BCUT2D eigenvalue weighted by atomic mass is 10.1. The quantitative estimate of drug-likeness (QED) is 0.784. The van der Waals surface area contributed by atoms with Crippen LogP contribution in [-0.4, -0.2) is 42.5 Å². The third kappa shape index (κ3) is 3.65. The highest BCUT2D eigenvalue weighted by atomic mass is 16.5. The van der Waals surface area contributed by atoms with E-state index in [9.17, 15) is 5.26 Å². The molecule has 0 unspecified atom stereocenters. The molecule has 0 spiro atoms. The molecule has 1 fully saturated rings. The molecule has 2 rings (SSSR count). The van der Waals surface area contributed by atoms with Gasteiger partial charge in [-0.2, -0.15) is 10.4 Å². The molecule has 1 aliphatic heterocycles. The van der Waals surface area contributed by atoms with Gasteiger partial charge < -0.3 is 15.4 Å². The fraction of sp³-hybridized carbons (Fsp3) is 0.643. The normalized spacial score (nSPS) is 15.8. The van der Waals surface area contributed by atoms with Gasteiger partial charge in [-0.1, -0.05) is 0 Å². The molecule has 6 heteroatoms. The first-order valence-electron chi connectivity index (χ1n) is 7.02. The first kappa shape index (κ1) is 14.7. The predicted octanol–water partition coefficient (Wildman–Crippen LogP) is 1.15. The van der Waals surface area contributed by atoms with E-state index in [-0.39, 0.29) is 0 Å². The van der Waals surface area contributed by atoms with Gasteiger partial charge in [0.2, 0.25) is 0 Å². The topological polar surface area (TPSA) is 82.9 Å². The van der Waals surface area contributed by atoms with Gasteiger partial charge in [-0.3, -0.25) is 0 Å². The first-order chi connectivity index (χ1) is 9.72. The van der Waals surface area contributed by atoms with Crippen LogP contribution in [0.3, 0.4) is 0 Å². The maximum atomic E-state index is 9.19. The second-order valence-corrected chi connectivity index (χ2v) is 4.99. The second-order valence-electron chi connectivity index (χ2n) is 4.99. The molecular formula is C14H21N5O. The van der Waals surface area contributed by atoms with E-state index in [0.717, 1.165) is 37.2 Å². The molecule has 0 saturated carbocycles. The molecule has 1 aromatic heterocycles. The standard InChI is InChI=1S/C14H21N5O/c1-10-11(2)18-19-14(13(10)9-15)17-7-8-20-12-3-5-16-6-4-12/h12,16H,3-8H2,1-2H3,(H,17,19). The van der Waals surface area contributed by atoms with Crippen LogP contribution < -0.4 is 10.6 Å². The molecule has 1 saturated heterocycles. The van der Waals surface area contributed by atoms with Crippen LogP contribution in [0.5, 0.6) is 0 Å². The van der Waals surface area contributed by atoms with E-state index in [1.807, 2.05) is 13.8 Å². The number of hydrogen-bond acceptors (Lipinski definition) is 6. The Kier molecular flexibility index (Phi) is 5.27. The summed E-state index contributed by atoms with van der Waals surface area (Å²) in [5.74, 6) is 0.546. The molecule has 0 atom stereocenters. The van der Waals surface area contributed by atoms with E-state index in [4.69, 9.17) is 4.74 Å². The van der Waals surface area contributed by atoms with Crippen LogP contribution in [-0.2, 0) is 4.74 Å². The fourth-order valence-corrected chi connectivity index (χ4v) is 2.23. The summed E-state index contributed by atoms with van der Waals surface area (Å²) in [6.07, 6.45) is 2.47. The van der Waals surface area contributed by atoms with Crippen molar-refractivity contribution < 1.29 is 4.74 Å². The Morgan fingerprint density at radius 2 is 2.10 bits per heavy atom. The van der Waals surface area contributed by atoms with Crippen molar-refractivity contribution in [2.45, 2.75) is 32.8 Å². The van der Waals surface area contributed by atoms with Crippen molar-refractivity contribution in [3.8, 4) is 6.07 Å². The van der Waals surface area contributed by atoms with Crippen LogP contribution in [0.2, 0.25) is 0 Å². The van der Waals surface area contributed by atoms with Crippen molar-refractivity contribution in [3.05, 3.63) is 16.8 Å². The summed E-state index contributed by atoms with van der Waals surface area (Å²) in [7, 11) is 0. The molecule has 108 valence electrons. The molecule has 2 N–H and O–H groups in total. The summed E-state index contributed by atoms with van der Waals surface area (Å²) in [6, 6.07) is 2.18. The molecule has 0 aromatic carbocycles. The lowest BCUT2D eigenvalue weighted by molar-refractivity contribution is 0.0394. The van der Waals surface area contributed by atoms with Gasteiger partial charge in [0.1, 0.15) is 11.6 Å². The van der Waals surface area contributed by atoms with E-state index in [1.54, 1.807) is 0 Å². The van der Waals surface area contributed by atoms with E-state index in [2.05, 4.69) is 26.9 Å². The number of piperidine rings is 1. The van der Waals surface area contributed by atoms with Crippen molar-refractivity contribution in [2.75, 3.05) is 31.6 Å². The van der Waals surface area contributed by atoms with Gasteiger partial charge in [0, 0.05) is 6.54 Å². The van der Waals surface area contributed by atoms with Crippen molar-refractivity contribution in [1.82, 2.24) is 15.5 Å². The monoisotopic (exact) mass is 275 g/mol. The molecular weight excluding hydrogens is 254 g/mol. The number of nitrogens with one attached hydrogen (secondary N) is 2. The third-order valence-electron chi connectivity index (χ3n) is 3.60. The Morgan fingerprint density at radius 3 is 2.80 bits per heavy atom. The number of hydrogen-bond donors (Lipinski definition) is 2. The number of aryl methyl sites for hydroxylation is 1. The van der Waals surface area contributed by atoms with E-state index < -0.39 is 0 Å². The van der Waals surface area contributed by atoms with Crippen LogP contribution in [0.15, 0.2) is 0 Å². The maximum absolute atomic E-state index is 9.19. The van der Waals surface area contributed by atoms with E-state index in [1.165, 1.54) is 0 Å². The van der Waals surface area contributed by atoms with Crippen LogP contribution in [0.4, 0.5) is 5.82 Å². The number of aromatic nitrogens is 2. The zero-order valence-electron chi connectivity index (χ0n) is 12.1. The van der Waals surface area contributed by atoms with Gasteiger partial charge in [-0.25, -0.2) is 0 Å². The Balaban J connectivity index is 1.82. The number of anilines is 1. The lowest BCUT2D eigenvalue weighted by Gasteiger charge is -2.23. The summed E-state index contributed by atoms with van der Waals surface area (Å²) in [6.45, 7) is 7.05. The van der Waals surface area contributed by atoms with Gasteiger partial charge in [0.05, 0.1) is 18.4 Å². The highest BCUT2D eigenvalue weighted by Gasteiger charge is 2.13. The highest BCUT2D eigenvalue weighted by Crippen LogP contribution is 2.16. The molecule has 2 heterocycles. The summed E-state index contributed by atoms with van der Waals surface area (Å²) in [5, 5.41) is 23.7. The van der Waals surface area contributed by atoms with Gasteiger partial charge >= 0.3 is 0 Å². The molecule has 0 amide bonds. The average molecular weight is 275 g/mol. The Hall–Kier alpha value is -1.71. The molecule has 6 nitrogen and oxygen atoms in total. The minimum atomic E-state index is 0.347. The van der Waals surface area contributed by atoms with Crippen molar-refractivity contribution in [2.24, 2.45) is 0 Å². The highest BCUT2D eigenvalue weighted by molar-refractivity contribution is 5.55. The molecule has 0 bridgehead atoms. The predicted molar refractivity (Wildman–Crippen MR) is 76.6 cm³/mol. The van der Waals surface area contributed by atoms with Gasteiger partial charge in [0.25, 0.3) is 0 Å². The Labute approximate surface area is 119 Å². The Bertz CT molecular complexity index is 491. The van der Waals surface area contributed by atoms with Crippen LogP contribution in [0, 0.1) is 25.2 Å². The number of nitriles is 1. The van der Waals surface area contributed by atoms with E-state index >= 15 is 0 Å². The number of rotatable bonds is 5. The SMILES string of the molecule is Cc1nnc(NCCOC2CCNCC2)c(C#N)c1C. The summed E-state index contributed by atoms with van der Waals surface area (Å²) < 4.78 is 5.80. The zero-order valence-corrected chi connectivity index (χ0v) is 12.1. The van der Waals surface area contributed by atoms with Gasteiger partial charge in [-0.15, -0.1) is 5.10 Å². The molecule has 0 aliphatic carbocycles. The lowest BCUT2D eigenvalue weighted by Crippen LogP contribution is -2.33. The first-order valence-corrected chi connectivity index (χ1v) is 7.02. The minimum Gasteiger partial charge on any atom is -0.376 e. The maximum Gasteiger partial charge on any atom is 0.167 e. The molecule has 20 heavy (non-hydrogen) atoms. The van der Waals surface area contributed by atoms with Crippen molar-refractivity contribution >= 4 is 5.82 Å². The van der Waals surface area contributed by atoms with Gasteiger partial charge in [-0.05, 0) is 45.3 Å². The van der Waals surface area contributed by atoms with Crippen LogP contribution in [0.25, 0.3) is 0 Å². The minimum absolute atomic E-state index is 0.347. The van der Waals surface area contributed by atoms with Crippen molar-refractivity contribution in [3.63, 3.8) is 0 Å². The molecule has 0 radical (unpaired) electrons. The van der Waals surface area contributed by atoms with Crippen molar-refractivity contribution in [1.29, 1.82) is 5.26 Å². The fourth-order valence-electron chi connectivity index (χ4n) is 2.23. The molecule has 1 aromatic rings. The van der Waals surface area contributed by atoms with Crippen LogP contribution in [0.1, 0.15) is 29.7 Å². The molecule has 1 aliphatic rings. The average Bonchev–Trinajstić information content (AvgIpc) is 2.48. The van der Waals surface area contributed by atoms with E-state index in [0.29, 0.717) is 30.6 Å². The zero-order chi connectivity index (χ0) is 14.4. The number of nitrogens with zero attached hydrogens (tertiary/aromatic N) is 3. The largest absolute Gasteiger partial charge is 0.376 e. The summed E-state index contributed by atoms with van der Waals surface area (Å²) in [5.41, 5.74) is 2.24. The summed E-state index contributed by atoms with van der Waals surface area (Å²) >= 11 is 0. The smallest absolute Gasteiger partial charge is 0.167 e. The second kappa shape index (κ2) is 7.17. The van der Waals surface area contributed by atoms with Crippen LogP contribution >= 0.6 is 0 Å². The number of ether oxygens (including phenoxy) is 1. The summed E-state index contributed by atoms with van der Waals surface area (Å²) in [4.78, 5) is 0. The Morgan fingerprint density at radius 1 is 1.35 bits per heavy atom. The third-order valence-corrected chi connectivity index (χ3v) is 3.60. The van der Waals surface area contributed by atoms with Gasteiger partial charge in [0.15, 0.2) is 5.82 Å².